The van der Waals surface area contributed by atoms with Gasteiger partial charge < -0.3 is 5.73 Å². The van der Waals surface area contributed by atoms with Crippen LogP contribution in [0.5, 0.6) is 0 Å². The molecule has 15 heavy (non-hydrogen) atoms. The van der Waals surface area contributed by atoms with Crippen molar-refractivity contribution in [3.05, 3.63) is 48.0 Å². The van der Waals surface area contributed by atoms with Gasteiger partial charge in [-0.15, -0.1) is 0 Å². The number of hydrogen-bond acceptors (Lipinski definition) is 3. The third-order valence-electron chi connectivity index (χ3n) is 2.34. The van der Waals surface area contributed by atoms with E-state index in [9.17, 15) is 0 Å². The van der Waals surface area contributed by atoms with Crippen LogP contribution in [-0.2, 0) is 6.54 Å². The molecule has 2 heterocycles. The van der Waals surface area contributed by atoms with Gasteiger partial charge in [0.15, 0.2) is 0 Å². The van der Waals surface area contributed by atoms with Crippen LogP contribution in [-0.4, -0.2) is 14.8 Å². The first-order chi connectivity index (χ1) is 7.31. The molecule has 0 saturated carbocycles. The lowest BCUT2D eigenvalue weighted by Gasteiger charge is -2.07. The van der Waals surface area contributed by atoms with Gasteiger partial charge in [0, 0.05) is 24.5 Å². The number of pyridine rings is 1. The van der Waals surface area contributed by atoms with E-state index in [-0.39, 0.29) is 6.04 Å². The van der Waals surface area contributed by atoms with Crippen LogP contribution in [0.15, 0.2) is 36.8 Å². The molecule has 1 unspecified atom stereocenters. The van der Waals surface area contributed by atoms with Crippen molar-refractivity contribution in [1.82, 2.24) is 14.8 Å². The zero-order valence-electron chi connectivity index (χ0n) is 8.67. The zero-order valence-corrected chi connectivity index (χ0v) is 8.67. The Morgan fingerprint density at radius 1 is 1.47 bits per heavy atom. The fourth-order valence-electron chi connectivity index (χ4n) is 1.44. The normalized spacial score (nSPS) is 12.7. The van der Waals surface area contributed by atoms with E-state index in [2.05, 4.69) is 10.1 Å². The SMILES string of the molecule is CCn1cc(C(N)c2ccccn2)cn1. The maximum Gasteiger partial charge on any atom is 0.0757 e. The second-order valence-electron chi connectivity index (χ2n) is 3.36. The highest BCUT2D eigenvalue weighted by molar-refractivity contribution is 5.22. The van der Waals surface area contributed by atoms with Gasteiger partial charge in [-0.2, -0.15) is 5.10 Å². The first-order valence-electron chi connectivity index (χ1n) is 5.00. The zero-order chi connectivity index (χ0) is 10.7. The van der Waals surface area contributed by atoms with Crippen LogP contribution >= 0.6 is 0 Å². The lowest BCUT2D eigenvalue weighted by molar-refractivity contribution is 0.658. The summed E-state index contributed by atoms with van der Waals surface area (Å²) in [5, 5.41) is 4.19. The van der Waals surface area contributed by atoms with Crippen molar-refractivity contribution in [3.8, 4) is 0 Å². The minimum absolute atomic E-state index is 0.188. The lowest BCUT2D eigenvalue weighted by Crippen LogP contribution is -2.12. The first-order valence-corrected chi connectivity index (χ1v) is 5.00. The molecule has 4 nitrogen and oxygen atoms in total. The highest BCUT2D eigenvalue weighted by Gasteiger charge is 2.11. The summed E-state index contributed by atoms with van der Waals surface area (Å²) in [6, 6.07) is 5.55. The maximum absolute atomic E-state index is 6.07. The molecule has 0 amide bonds. The van der Waals surface area contributed by atoms with Crippen LogP contribution in [0, 0.1) is 0 Å². The first kappa shape index (κ1) is 9.86. The Bertz CT molecular complexity index is 421. The number of rotatable bonds is 3. The molecule has 0 aliphatic heterocycles. The number of aromatic nitrogens is 3. The van der Waals surface area contributed by atoms with Crippen molar-refractivity contribution in [1.29, 1.82) is 0 Å². The fourth-order valence-corrected chi connectivity index (χ4v) is 1.44. The minimum Gasteiger partial charge on any atom is -0.319 e. The van der Waals surface area contributed by atoms with E-state index >= 15 is 0 Å². The number of aryl methyl sites for hydroxylation is 1. The molecule has 0 bridgehead atoms. The Hall–Kier alpha value is -1.68. The van der Waals surface area contributed by atoms with E-state index in [0.29, 0.717) is 0 Å². The minimum atomic E-state index is -0.188. The van der Waals surface area contributed by atoms with Gasteiger partial charge in [-0.05, 0) is 19.1 Å². The summed E-state index contributed by atoms with van der Waals surface area (Å²) in [6.07, 6.45) is 5.50. The molecular weight excluding hydrogens is 188 g/mol. The second kappa shape index (κ2) is 4.23. The predicted octanol–water partition coefficient (Wildman–Crippen LogP) is 1.35. The molecule has 0 spiro atoms. The molecule has 2 N–H and O–H groups in total. The van der Waals surface area contributed by atoms with Crippen molar-refractivity contribution in [2.24, 2.45) is 5.73 Å². The molecule has 1 atom stereocenters. The summed E-state index contributed by atoms with van der Waals surface area (Å²) < 4.78 is 1.86. The van der Waals surface area contributed by atoms with Gasteiger partial charge in [0.1, 0.15) is 0 Å². The molecule has 0 aliphatic carbocycles. The molecule has 0 fully saturated rings. The van der Waals surface area contributed by atoms with Crippen molar-refractivity contribution < 1.29 is 0 Å². The van der Waals surface area contributed by atoms with Crippen LogP contribution in [0.2, 0.25) is 0 Å². The molecule has 0 aliphatic rings. The molecule has 2 aromatic heterocycles. The van der Waals surface area contributed by atoms with Crippen LogP contribution < -0.4 is 5.73 Å². The second-order valence-corrected chi connectivity index (χ2v) is 3.36. The van der Waals surface area contributed by atoms with Crippen molar-refractivity contribution in [2.75, 3.05) is 0 Å². The Labute approximate surface area is 88.8 Å². The monoisotopic (exact) mass is 202 g/mol. The van der Waals surface area contributed by atoms with E-state index < -0.39 is 0 Å². The van der Waals surface area contributed by atoms with Crippen LogP contribution in [0.25, 0.3) is 0 Å². The van der Waals surface area contributed by atoms with Crippen molar-refractivity contribution >= 4 is 0 Å². The average Bonchev–Trinajstić information content (AvgIpc) is 2.78. The summed E-state index contributed by atoms with van der Waals surface area (Å²) >= 11 is 0. The Morgan fingerprint density at radius 3 is 2.93 bits per heavy atom. The maximum atomic E-state index is 6.07. The Kier molecular flexibility index (Phi) is 2.78. The van der Waals surface area contributed by atoms with Gasteiger partial charge in [0.05, 0.1) is 17.9 Å². The molecule has 0 radical (unpaired) electrons. The average molecular weight is 202 g/mol. The van der Waals surface area contributed by atoms with E-state index in [1.165, 1.54) is 0 Å². The van der Waals surface area contributed by atoms with E-state index in [1.807, 2.05) is 36.0 Å². The molecule has 2 rings (SSSR count). The van der Waals surface area contributed by atoms with Crippen LogP contribution in [0.1, 0.15) is 24.2 Å². The van der Waals surface area contributed by atoms with Gasteiger partial charge in [-0.25, -0.2) is 0 Å². The molecule has 0 saturated heterocycles. The van der Waals surface area contributed by atoms with Gasteiger partial charge >= 0.3 is 0 Å². The van der Waals surface area contributed by atoms with Crippen molar-refractivity contribution in [2.45, 2.75) is 19.5 Å². The Morgan fingerprint density at radius 2 is 2.33 bits per heavy atom. The van der Waals surface area contributed by atoms with Crippen LogP contribution in [0.3, 0.4) is 0 Å². The lowest BCUT2D eigenvalue weighted by atomic mass is 10.1. The van der Waals surface area contributed by atoms with Crippen LogP contribution in [0.4, 0.5) is 0 Å². The third-order valence-corrected chi connectivity index (χ3v) is 2.34. The third kappa shape index (κ3) is 2.05. The number of nitrogens with two attached hydrogens (primary N) is 1. The number of hydrogen-bond donors (Lipinski definition) is 1. The summed E-state index contributed by atoms with van der Waals surface area (Å²) in [6.45, 7) is 2.90. The van der Waals surface area contributed by atoms with Crippen molar-refractivity contribution in [3.63, 3.8) is 0 Å². The molecule has 2 aromatic rings. The molecule has 78 valence electrons. The highest BCUT2D eigenvalue weighted by atomic mass is 15.3. The Balaban J connectivity index is 2.24. The summed E-state index contributed by atoms with van der Waals surface area (Å²) in [7, 11) is 0. The quantitative estimate of drug-likeness (QED) is 0.817. The summed E-state index contributed by atoms with van der Waals surface area (Å²) in [5.74, 6) is 0. The largest absolute Gasteiger partial charge is 0.319 e. The van der Waals surface area contributed by atoms with E-state index in [0.717, 1.165) is 17.8 Å². The molecule has 4 heteroatoms. The highest BCUT2D eigenvalue weighted by Crippen LogP contribution is 2.16. The topological polar surface area (TPSA) is 56.7 Å². The smallest absolute Gasteiger partial charge is 0.0757 e. The number of nitrogens with zero attached hydrogens (tertiary/aromatic N) is 3. The molecule has 0 aromatic carbocycles. The summed E-state index contributed by atoms with van der Waals surface area (Å²) in [5.41, 5.74) is 7.93. The van der Waals surface area contributed by atoms with Gasteiger partial charge in [0.25, 0.3) is 0 Å². The fraction of sp³-hybridized carbons (Fsp3) is 0.273. The molecular formula is C11H14N4. The van der Waals surface area contributed by atoms with Gasteiger partial charge in [0.2, 0.25) is 0 Å². The van der Waals surface area contributed by atoms with Gasteiger partial charge in [-0.3, -0.25) is 9.67 Å². The van der Waals surface area contributed by atoms with E-state index in [4.69, 9.17) is 5.73 Å². The van der Waals surface area contributed by atoms with E-state index in [1.54, 1.807) is 12.4 Å². The standard InChI is InChI=1S/C11H14N4/c1-2-15-8-9(7-14-15)11(12)10-5-3-4-6-13-10/h3-8,11H,2,12H2,1H3. The predicted molar refractivity (Wildman–Crippen MR) is 58.2 cm³/mol. The summed E-state index contributed by atoms with van der Waals surface area (Å²) in [4.78, 5) is 4.23. The van der Waals surface area contributed by atoms with Gasteiger partial charge in [-0.1, -0.05) is 6.07 Å².